The van der Waals surface area contributed by atoms with Gasteiger partial charge in [-0.25, -0.2) is 9.59 Å². The van der Waals surface area contributed by atoms with Crippen molar-refractivity contribution in [3.05, 3.63) is 59.7 Å². The van der Waals surface area contributed by atoms with Gasteiger partial charge in [0.25, 0.3) is 0 Å². The fourth-order valence-electron chi connectivity index (χ4n) is 4.96. The van der Waals surface area contributed by atoms with Crippen LogP contribution in [-0.2, 0) is 19.1 Å². The number of alkyl carbamates (subject to hydrolysis) is 1. The molecule has 8 heteroatoms. The Morgan fingerprint density at radius 1 is 1.00 bits per heavy atom. The molecular weight excluding hydrogens is 436 g/mol. The summed E-state index contributed by atoms with van der Waals surface area (Å²) < 4.78 is 10.8. The van der Waals surface area contributed by atoms with Crippen molar-refractivity contribution < 1.29 is 29.0 Å². The van der Waals surface area contributed by atoms with Gasteiger partial charge in [-0.05, 0) is 41.0 Å². The van der Waals surface area contributed by atoms with Crippen LogP contribution in [0, 0.1) is 5.92 Å². The summed E-state index contributed by atoms with van der Waals surface area (Å²) in [6, 6.07) is 14.8. The molecule has 2 fully saturated rings. The Morgan fingerprint density at radius 2 is 1.65 bits per heavy atom. The number of amides is 2. The zero-order valence-electron chi connectivity index (χ0n) is 18.7. The first kappa shape index (κ1) is 22.4. The molecule has 0 spiro atoms. The highest BCUT2D eigenvalue weighted by Gasteiger charge is 2.38. The molecule has 2 amide bonds. The van der Waals surface area contributed by atoms with Gasteiger partial charge in [0.1, 0.15) is 12.6 Å². The molecule has 3 atom stereocenters. The van der Waals surface area contributed by atoms with Gasteiger partial charge in [-0.1, -0.05) is 61.4 Å². The van der Waals surface area contributed by atoms with Gasteiger partial charge in [-0.15, -0.1) is 0 Å². The first-order valence-corrected chi connectivity index (χ1v) is 11.8. The normalized spacial score (nSPS) is 21.9. The second kappa shape index (κ2) is 9.46. The topological polar surface area (TPSA) is 114 Å². The monoisotopic (exact) mass is 464 g/mol. The Balaban J connectivity index is 1.22. The molecule has 2 aromatic rings. The Hall–Kier alpha value is -3.39. The predicted molar refractivity (Wildman–Crippen MR) is 123 cm³/mol. The number of hydrogen-bond acceptors (Lipinski definition) is 5. The van der Waals surface area contributed by atoms with Crippen LogP contribution in [0.4, 0.5) is 4.79 Å². The van der Waals surface area contributed by atoms with E-state index in [-0.39, 0.29) is 19.1 Å². The number of hydrogen-bond donors (Lipinski definition) is 3. The molecule has 3 N–H and O–H groups in total. The van der Waals surface area contributed by atoms with Gasteiger partial charge in [0.05, 0.1) is 6.04 Å². The maximum absolute atomic E-state index is 12.9. The lowest BCUT2D eigenvalue weighted by atomic mass is 9.98. The summed E-state index contributed by atoms with van der Waals surface area (Å²) in [5, 5.41) is 14.8. The van der Waals surface area contributed by atoms with Crippen LogP contribution in [0.2, 0.25) is 0 Å². The van der Waals surface area contributed by atoms with Crippen LogP contribution in [0.1, 0.15) is 42.7 Å². The van der Waals surface area contributed by atoms with Gasteiger partial charge < -0.3 is 25.2 Å². The summed E-state index contributed by atoms with van der Waals surface area (Å²) in [4.78, 5) is 37.0. The van der Waals surface area contributed by atoms with Crippen molar-refractivity contribution in [3.63, 3.8) is 0 Å². The Morgan fingerprint density at radius 3 is 2.26 bits per heavy atom. The molecule has 1 unspecified atom stereocenters. The van der Waals surface area contributed by atoms with Crippen molar-refractivity contribution in [3.8, 4) is 11.1 Å². The number of rotatable bonds is 8. The van der Waals surface area contributed by atoms with Crippen molar-refractivity contribution in [1.82, 2.24) is 10.6 Å². The summed E-state index contributed by atoms with van der Waals surface area (Å²) in [6.07, 6.45) is 1.23. The van der Waals surface area contributed by atoms with Crippen molar-refractivity contribution in [2.24, 2.45) is 5.92 Å². The quantitative estimate of drug-likeness (QED) is 0.553. The van der Waals surface area contributed by atoms with E-state index in [4.69, 9.17) is 9.47 Å². The van der Waals surface area contributed by atoms with Crippen molar-refractivity contribution in [1.29, 1.82) is 0 Å². The lowest BCUT2D eigenvalue weighted by Crippen LogP contribution is -2.52. The maximum atomic E-state index is 12.9. The molecule has 178 valence electrons. The minimum absolute atomic E-state index is 0.0687. The molecule has 1 saturated heterocycles. The zero-order valence-corrected chi connectivity index (χ0v) is 18.7. The largest absolute Gasteiger partial charge is 0.479 e. The van der Waals surface area contributed by atoms with Gasteiger partial charge in [0.2, 0.25) is 5.91 Å². The van der Waals surface area contributed by atoms with Gasteiger partial charge >= 0.3 is 12.1 Å². The van der Waals surface area contributed by atoms with E-state index in [2.05, 4.69) is 22.8 Å². The van der Waals surface area contributed by atoms with Crippen LogP contribution in [0.5, 0.6) is 0 Å². The van der Waals surface area contributed by atoms with Gasteiger partial charge in [-0.3, -0.25) is 4.79 Å². The van der Waals surface area contributed by atoms with Crippen molar-refractivity contribution in [2.75, 3.05) is 13.2 Å². The third kappa shape index (κ3) is 4.63. The molecule has 2 aliphatic carbocycles. The molecule has 5 rings (SSSR count). The first-order chi connectivity index (χ1) is 16.5. The van der Waals surface area contributed by atoms with Crippen LogP contribution in [0.3, 0.4) is 0 Å². The lowest BCUT2D eigenvalue weighted by Gasteiger charge is -2.23. The molecule has 8 nitrogen and oxygen atoms in total. The minimum atomic E-state index is -1.11. The van der Waals surface area contributed by atoms with Gasteiger partial charge in [-0.2, -0.15) is 0 Å². The first-order valence-electron chi connectivity index (χ1n) is 11.8. The molecule has 0 aromatic heterocycles. The molecule has 0 bridgehead atoms. The fourth-order valence-corrected chi connectivity index (χ4v) is 4.96. The van der Waals surface area contributed by atoms with E-state index in [9.17, 15) is 19.5 Å². The van der Waals surface area contributed by atoms with Gasteiger partial charge in [0, 0.05) is 12.5 Å². The number of carboxylic acids is 1. The van der Waals surface area contributed by atoms with E-state index in [0.29, 0.717) is 18.8 Å². The summed E-state index contributed by atoms with van der Waals surface area (Å²) in [5.74, 6) is -1.20. The summed E-state index contributed by atoms with van der Waals surface area (Å²) in [6.45, 7) is 0.435. The van der Waals surface area contributed by atoms with Crippen LogP contribution < -0.4 is 10.6 Å². The van der Waals surface area contributed by atoms with Crippen LogP contribution in [0.15, 0.2) is 48.5 Å². The number of ether oxygens (including phenoxy) is 2. The maximum Gasteiger partial charge on any atom is 0.407 e. The SMILES string of the molecule is O=C(NC(CC1CC1)C(=O)N[C@H]1CCO[C@H]1C(=O)O)OCC1c2ccccc2-c2ccccc21. The number of carbonyl (C=O) groups excluding carboxylic acids is 2. The van der Waals surface area contributed by atoms with Crippen molar-refractivity contribution >= 4 is 18.0 Å². The van der Waals surface area contributed by atoms with E-state index in [1.807, 2.05) is 36.4 Å². The molecule has 1 heterocycles. The average molecular weight is 465 g/mol. The number of benzene rings is 2. The van der Waals surface area contributed by atoms with E-state index >= 15 is 0 Å². The summed E-state index contributed by atoms with van der Waals surface area (Å²) >= 11 is 0. The van der Waals surface area contributed by atoms with Crippen LogP contribution in [-0.4, -0.2) is 54.5 Å². The average Bonchev–Trinajstić information content (AvgIpc) is 3.43. The zero-order chi connectivity index (χ0) is 23.7. The second-order valence-corrected chi connectivity index (χ2v) is 9.23. The number of nitrogens with one attached hydrogen (secondary N) is 2. The third-order valence-corrected chi connectivity index (χ3v) is 6.88. The fraction of sp³-hybridized carbons (Fsp3) is 0.423. The molecular formula is C26H28N2O6. The Bertz CT molecular complexity index is 1050. The standard InChI is InChI=1S/C26H28N2O6/c29-24(27-21-11-12-33-23(21)25(30)31)22(13-15-9-10-15)28-26(32)34-14-20-18-7-3-1-5-16(18)17-6-2-4-8-19(17)20/h1-8,15,20-23H,9-14H2,(H,27,29)(H,28,32)(H,30,31)/t21-,22?,23+/m0/s1. The number of carbonyl (C=O) groups is 3. The number of aliphatic carboxylic acids is 1. The number of carboxylic acid groups (broad SMARTS) is 1. The van der Waals surface area contributed by atoms with Crippen molar-refractivity contribution in [2.45, 2.75) is 49.8 Å². The Labute approximate surface area is 197 Å². The smallest absolute Gasteiger partial charge is 0.407 e. The van der Waals surface area contributed by atoms with Crippen LogP contribution >= 0.6 is 0 Å². The predicted octanol–water partition coefficient (Wildman–Crippen LogP) is 3.05. The highest BCUT2D eigenvalue weighted by atomic mass is 16.5. The highest BCUT2D eigenvalue weighted by Crippen LogP contribution is 2.44. The van der Waals surface area contributed by atoms with E-state index in [0.717, 1.165) is 35.1 Å². The molecule has 0 radical (unpaired) electrons. The molecule has 34 heavy (non-hydrogen) atoms. The van der Waals surface area contributed by atoms with E-state index < -0.39 is 36.2 Å². The second-order valence-electron chi connectivity index (χ2n) is 9.23. The molecule has 2 aromatic carbocycles. The molecule has 1 aliphatic heterocycles. The third-order valence-electron chi connectivity index (χ3n) is 6.88. The lowest BCUT2D eigenvalue weighted by molar-refractivity contribution is -0.148. The summed E-state index contributed by atoms with van der Waals surface area (Å²) in [5.41, 5.74) is 4.52. The van der Waals surface area contributed by atoms with Gasteiger partial charge in [0.15, 0.2) is 6.10 Å². The van der Waals surface area contributed by atoms with Crippen LogP contribution in [0.25, 0.3) is 11.1 Å². The van der Waals surface area contributed by atoms with E-state index in [1.165, 1.54) is 0 Å². The minimum Gasteiger partial charge on any atom is -0.479 e. The summed E-state index contributed by atoms with van der Waals surface area (Å²) in [7, 11) is 0. The highest BCUT2D eigenvalue weighted by molar-refractivity contribution is 5.87. The number of fused-ring (bicyclic) bond motifs is 3. The molecule has 3 aliphatic rings. The molecule has 1 saturated carbocycles. The Kier molecular flexibility index (Phi) is 6.24. The van der Waals surface area contributed by atoms with E-state index in [1.54, 1.807) is 0 Å².